The third kappa shape index (κ3) is 6.98. The topological polar surface area (TPSA) is 85.1 Å². The molecule has 10 heteroatoms. The molecule has 0 bridgehead atoms. The second-order valence-electron chi connectivity index (χ2n) is 10.2. The van der Waals surface area contributed by atoms with Gasteiger partial charge in [-0.05, 0) is 55.2 Å². The van der Waals surface area contributed by atoms with Crippen molar-refractivity contribution < 1.29 is 32.2 Å². The maximum Gasteiger partial charge on any atom is 0.410 e. The molecule has 38 heavy (non-hydrogen) atoms. The maximum atomic E-state index is 14.8. The van der Waals surface area contributed by atoms with Crippen molar-refractivity contribution in [3.63, 3.8) is 0 Å². The van der Waals surface area contributed by atoms with Crippen LogP contribution >= 0.6 is 0 Å². The number of carbonyl (C=O) groups excluding carboxylic acids is 2. The van der Waals surface area contributed by atoms with E-state index in [1.54, 1.807) is 17.0 Å². The number of nitrogens with two attached hydrogens (primary N) is 1. The average molecular weight is 534 g/mol. The van der Waals surface area contributed by atoms with E-state index in [4.69, 9.17) is 15.2 Å². The molecule has 2 amide bonds. The highest BCUT2D eigenvalue weighted by molar-refractivity contribution is 5.82. The molecular formula is C28H34F3N3O4. The third-order valence-electron chi connectivity index (χ3n) is 6.82. The van der Waals surface area contributed by atoms with Crippen LogP contribution in [-0.2, 0) is 16.0 Å². The number of ether oxygens (including phenoxy) is 2. The lowest BCUT2D eigenvalue weighted by molar-refractivity contribution is -0.133. The molecule has 0 unspecified atom stereocenters. The van der Waals surface area contributed by atoms with Crippen molar-refractivity contribution in [2.75, 3.05) is 26.2 Å². The monoisotopic (exact) mass is 533 g/mol. The van der Waals surface area contributed by atoms with Gasteiger partial charge in [-0.1, -0.05) is 24.3 Å². The van der Waals surface area contributed by atoms with E-state index in [-0.39, 0.29) is 43.3 Å². The molecule has 2 N–H and O–H groups in total. The summed E-state index contributed by atoms with van der Waals surface area (Å²) in [4.78, 5) is 27.2. The van der Waals surface area contributed by atoms with Gasteiger partial charge in [0.1, 0.15) is 17.7 Å². The Balaban J connectivity index is 1.30. The van der Waals surface area contributed by atoms with Crippen molar-refractivity contribution in [1.82, 2.24) is 9.80 Å². The fourth-order valence-electron chi connectivity index (χ4n) is 4.73. The summed E-state index contributed by atoms with van der Waals surface area (Å²) in [6, 6.07) is 10.9. The molecule has 2 aliphatic rings. The fourth-order valence-corrected chi connectivity index (χ4v) is 4.73. The standard InChI is InChI=1S/C28H34F3N3O4/c1-18(2)37-27(36)33-12-9-23(10-13-33)38-22-7-5-19(6-8-22)20-3-4-21(24(29)15-20)16-25(32)26(35)34-14-11-28(30,31)17-34/h3-8,15,18,23,25H,9-14,16-17,32H2,1-2H3/t25-/m0/s1. The number of likely N-dealkylation sites (tertiary alicyclic amines) is 2. The molecule has 7 nitrogen and oxygen atoms in total. The summed E-state index contributed by atoms with van der Waals surface area (Å²) in [6.07, 6.45) is 0.476. The van der Waals surface area contributed by atoms with Gasteiger partial charge in [-0.15, -0.1) is 0 Å². The van der Waals surface area contributed by atoms with E-state index in [0.717, 1.165) is 10.5 Å². The van der Waals surface area contributed by atoms with Gasteiger partial charge in [-0.3, -0.25) is 4.79 Å². The quantitative estimate of drug-likeness (QED) is 0.562. The highest BCUT2D eigenvalue weighted by Crippen LogP contribution is 2.29. The molecule has 2 aromatic carbocycles. The molecule has 2 aliphatic heterocycles. The largest absolute Gasteiger partial charge is 0.490 e. The van der Waals surface area contributed by atoms with E-state index in [0.29, 0.717) is 37.2 Å². The molecule has 0 aromatic heterocycles. The zero-order chi connectivity index (χ0) is 27.4. The van der Waals surface area contributed by atoms with Crippen LogP contribution < -0.4 is 10.5 Å². The number of carbonyl (C=O) groups is 2. The normalized spacial score (nSPS) is 18.5. The molecule has 1 atom stereocenters. The van der Waals surface area contributed by atoms with E-state index < -0.39 is 30.2 Å². The van der Waals surface area contributed by atoms with Gasteiger partial charge in [0.15, 0.2) is 0 Å². The second-order valence-corrected chi connectivity index (χ2v) is 10.2. The smallest absolute Gasteiger partial charge is 0.410 e. The zero-order valence-electron chi connectivity index (χ0n) is 21.7. The van der Waals surface area contributed by atoms with Gasteiger partial charge in [0.2, 0.25) is 5.91 Å². The van der Waals surface area contributed by atoms with E-state index in [2.05, 4.69) is 0 Å². The first-order valence-corrected chi connectivity index (χ1v) is 12.9. The number of halogens is 3. The first kappa shape index (κ1) is 27.8. The van der Waals surface area contributed by atoms with Crippen molar-refractivity contribution in [3.05, 3.63) is 53.8 Å². The van der Waals surface area contributed by atoms with E-state index >= 15 is 0 Å². The average Bonchev–Trinajstić information content (AvgIpc) is 3.24. The molecule has 0 spiro atoms. The fraction of sp³-hybridized carbons (Fsp3) is 0.500. The van der Waals surface area contributed by atoms with Crippen LogP contribution in [0.1, 0.15) is 38.7 Å². The summed E-state index contributed by atoms with van der Waals surface area (Å²) in [5.74, 6) is -3.32. The summed E-state index contributed by atoms with van der Waals surface area (Å²) in [5, 5.41) is 0. The Morgan fingerprint density at radius 3 is 2.26 bits per heavy atom. The Morgan fingerprint density at radius 1 is 1.03 bits per heavy atom. The second kappa shape index (κ2) is 11.6. The maximum absolute atomic E-state index is 14.8. The highest BCUT2D eigenvalue weighted by atomic mass is 19.3. The van der Waals surface area contributed by atoms with Gasteiger partial charge < -0.3 is 25.0 Å². The van der Waals surface area contributed by atoms with Crippen molar-refractivity contribution in [1.29, 1.82) is 0 Å². The number of rotatable bonds is 7. The van der Waals surface area contributed by atoms with Gasteiger partial charge in [0.05, 0.1) is 18.7 Å². The van der Waals surface area contributed by atoms with Gasteiger partial charge in [-0.25, -0.2) is 18.0 Å². The van der Waals surface area contributed by atoms with E-state index in [1.807, 2.05) is 38.1 Å². The van der Waals surface area contributed by atoms with Crippen LogP contribution in [-0.4, -0.2) is 72.2 Å². The summed E-state index contributed by atoms with van der Waals surface area (Å²) < 4.78 is 53.0. The van der Waals surface area contributed by atoms with Crippen LogP contribution in [0.2, 0.25) is 0 Å². The van der Waals surface area contributed by atoms with Crippen LogP contribution in [0.15, 0.2) is 42.5 Å². The van der Waals surface area contributed by atoms with Crippen LogP contribution in [0, 0.1) is 5.82 Å². The van der Waals surface area contributed by atoms with Gasteiger partial charge >= 0.3 is 6.09 Å². The third-order valence-corrected chi connectivity index (χ3v) is 6.82. The molecule has 0 saturated carbocycles. The number of benzene rings is 2. The number of nitrogens with zero attached hydrogens (tertiary/aromatic N) is 2. The van der Waals surface area contributed by atoms with Crippen molar-refractivity contribution in [2.24, 2.45) is 5.73 Å². The number of alkyl halides is 2. The molecule has 4 rings (SSSR count). The van der Waals surface area contributed by atoms with Gasteiger partial charge in [0.25, 0.3) is 5.92 Å². The lowest BCUT2D eigenvalue weighted by Gasteiger charge is -2.32. The molecule has 2 aromatic rings. The first-order chi connectivity index (χ1) is 18.0. The lowest BCUT2D eigenvalue weighted by Crippen LogP contribution is -2.44. The van der Waals surface area contributed by atoms with E-state index in [9.17, 15) is 22.8 Å². The number of hydrogen-bond acceptors (Lipinski definition) is 5. The minimum atomic E-state index is -2.90. The minimum Gasteiger partial charge on any atom is -0.490 e. The van der Waals surface area contributed by atoms with Gasteiger partial charge in [0, 0.05) is 38.9 Å². The summed E-state index contributed by atoms with van der Waals surface area (Å²) in [6.45, 7) is 4.09. The molecule has 0 radical (unpaired) electrons. The molecule has 206 valence electrons. The lowest BCUT2D eigenvalue weighted by atomic mass is 9.99. The molecule has 2 saturated heterocycles. The SMILES string of the molecule is CC(C)OC(=O)N1CCC(Oc2ccc(-c3ccc(C[C@H](N)C(=O)N4CCC(F)(F)C4)c(F)c3)cc2)CC1. The predicted molar refractivity (Wildman–Crippen MR) is 136 cm³/mol. The Bertz CT molecular complexity index is 1130. The Morgan fingerprint density at radius 2 is 1.68 bits per heavy atom. The van der Waals surface area contributed by atoms with Crippen LogP contribution in [0.25, 0.3) is 11.1 Å². The van der Waals surface area contributed by atoms with Crippen molar-refractivity contribution >= 4 is 12.0 Å². The Kier molecular flexibility index (Phi) is 8.50. The molecule has 2 fully saturated rings. The van der Waals surface area contributed by atoms with Crippen molar-refractivity contribution in [2.45, 2.75) is 63.7 Å². The van der Waals surface area contributed by atoms with E-state index in [1.165, 1.54) is 6.07 Å². The summed E-state index contributed by atoms with van der Waals surface area (Å²) in [5.41, 5.74) is 7.61. The Hall–Kier alpha value is -3.27. The highest BCUT2D eigenvalue weighted by Gasteiger charge is 2.41. The zero-order valence-corrected chi connectivity index (χ0v) is 21.7. The number of amides is 2. The summed E-state index contributed by atoms with van der Waals surface area (Å²) in [7, 11) is 0. The van der Waals surface area contributed by atoms with Crippen LogP contribution in [0.3, 0.4) is 0 Å². The number of piperidine rings is 1. The molecular weight excluding hydrogens is 499 g/mol. The minimum absolute atomic E-state index is 0.0145. The van der Waals surface area contributed by atoms with Gasteiger partial charge in [-0.2, -0.15) is 0 Å². The number of hydrogen-bond donors (Lipinski definition) is 1. The first-order valence-electron chi connectivity index (χ1n) is 12.9. The van der Waals surface area contributed by atoms with Crippen LogP contribution in [0.4, 0.5) is 18.0 Å². The van der Waals surface area contributed by atoms with Crippen molar-refractivity contribution in [3.8, 4) is 16.9 Å². The Labute approximate surface area is 220 Å². The van der Waals surface area contributed by atoms with Crippen LogP contribution in [0.5, 0.6) is 5.75 Å². The molecule has 2 heterocycles. The molecule has 0 aliphatic carbocycles. The predicted octanol–water partition coefficient (Wildman–Crippen LogP) is 4.62. The summed E-state index contributed by atoms with van der Waals surface area (Å²) >= 11 is 0.